The number of ether oxygens (including phenoxy) is 2. The van der Waals surface area contributed by atoms with Gasteiger partial charge in [-0.3, -0.25) is 4.57 Å². The summed E-state index contributed by atoms with van der Waals surface area (Å²) in [6.07, 6.45) is -4.26. The molecule has 0 radical (unpaired) electrons. The number of fused-ring (bicyclic) bond motifs is 1. The molecule has 36 heavy (non-hydrogen) atoms. The molecule has 0 saturated carbocycles. The van der Waals surface area contributed by atoms with Crippen LogP contribution in [0.5, 0.6) is 5.75 Å². The first kappa shape index (κ1) is 24.2. The molecule has 9 nitrogen and oxygen atoms in total. The van der Waals surface area contributed by atoms with E-state index in [4.69, 9.17) is 9.47 Å². The first-order valence-electron chi connectivity index (χ1n) is 11.9. The van der Waals surface area contributed by atoms with Crippen LogP contribution in [0.15, 0.2) is 72.8 Å². The molecule has 1 aliphatic rings. The maximum absolute atomic E-state index is 10.7. The molecule has 4 aromatic rings. The molecule has 9 heteroatoms. The van der Waals surface area contributed by atoms with Gasteiger partial charge in [0.1, 0.15) is 30.7 Å². The number of aliphatic hydroxyl groups excluding tert-OH is 4. The third kappa shape index (κ3) is 4.67. The summed E-state index contributed by atoms with van der Waals surface area (Å²) in [4.78, 5) is 4.67. The van der Waals surface area contributed by atoms with Gasteiger partial charge >= 0.3 is 0 Å². The van der Waals surface area contributed by atoms with Crippen LogP contribution in [-0.4, -0.2) is 68.1 Å². The predicted octanol–water partition coefficient (Wildman–Crippen LogP) is 2.30. The van der Waals surface area contributed by atoms with Crippen molar-refractivity contribution >= 4 is 17.0 Å². The molecule has 1 aliphatic heterocycles. The number of aromatic nitrogens is 2. The number of hydrogen-bond donors (Lipinski definition) is 5. The fourth-order valence-corrected chi connectivity index (χ4v) is 4.51. The Hall–Kier alpha value is -3.47. The first-order chi connectivity index (χ1) is 17.6. The number of nitrogens with zero attached hydrogens (tertiary/aromatic N) is 2. The predicted molar refractivity (Wildman–Crippen MR) is 135 cm³/mol. The van der Waals surface area contributed by atoms with Crippen LogP contribution in [0.2, 0.25) is 0 Å². The standard InChI is InChI=1S/C27H29N3O6/c31-12-13-35-22-14-17(10-11-19(22)18-6-2-1-3-7-18)15-28-27-29-20-8-4-5-9-21(20)30(27)26-25(34)24(33)23(16-32)36-26/h1-11,14,23-26,31-34H,12-13,15-16H2,(H,28,29)/t23-,24-,25-,26-/m1/s1. The molecular formula is C27H29N3O6. The molecule has 3 aromatic carbocycles. The molecule has 188 valence electrons. The average Bonchev–Trinajstić information content (AvgIpc) is 3.42. The second-order valence-electron chi connectivity index (χ2n) is 8.65. The second kappa shape index (κ2) is 10.7. The molecule has 4 atom stereocenters. The Balaban J connectivity index is 1.44. The van der Waals surface area contributed by atoms with E-state index in [9.17, 15) is 20.4 Å². The normalized spacial score (nSPS) is 21.7. The van der Waals surface area contributed by atoms with Gasteiger partial charge in [-0.15, -0.1) is 0 Å². The van der Waals surface area contributed by atoms with Crippen molar-refractivity contribution in [1.29, 1.82) is 0 Å². The Morgan fingerprint density at radius 1 is 0.944 bits per heavy atom. The number of imidazole rings is 1. The van der Waals surface area contributed by atoms with Crippen molar-refractivity contribution in [3.63, 3.8) is 0 Å². The lowest BCUT2D eigenvalue weighted by Gasteiger charge is -2.20. The summed E-state index contributed by atoms with van der Waals surface area (Å²) < 4.78 is 13.3. The van der Waals surface area contributed by atoms with Crippen LogP contribution in [0.4, 0.5) is 5.95 Å². The van der Waals surface area contributed by atoms with E-state index in [1.807, 2.05) is 72.8 Å². The van der Waals surface area contributed by atoms with Crippen molar-refractivity contribution in [3.8, 4) is 16.9 Å². The van der Waals surface area contributed by atoms with Crippen molar-refractivity contribution < 1.29 is 29.9 Å². The minimum atomic E-state index is -1.23. The summed E-state index contributed by atoms with van der Waals surface area (Å²) >= 11 is 0. The van der Waals surface area contributed by atoms with E-state index in [0.29, 0.717) is 23.8 Å². The maximum atomic E-state index is 10.7. The number of hydrogen-bond acceptors (Lipinski definition) is 8. The van der Waals surface area contributed by atoms with Gasteiger partial charge in [-0.1, -0.05) is 54.6 Å². The monoisotopic (exact) mass is 491 g/mol. The second-order valence-corrected chi connectivity index (χ2v) is 8.65. The largest absolute Gasteiger partial charge is 0.491 e. The first-order valence-corrected chi connectivity index (χ1v) is 11.9. The molecule has 0 spiro atoms. The SMILES string of the molecule is OCCOc1cc(CNc2nc3ccccc3n2[C@@H]2O[C@H](CO)[C@@H](O)[C@H]2O)ccc1-c1ccccc1. The van der Waals surface area contributed by atoms with E-state index in [1.165, 1.54) is 0 Å². The Morgan fingerprint density at radius 2 is 1.72 bits per heavy atom. The molecular weight excluding hydrogens is 462 g/mol. The van der Waals surface area contributed by atoms with E-state index in [0.717, 1.165) is 22.2 Å². The van der Waals surface area contributed by atoms with Gasteiger partial charge < -0.3 is 35.2 Å². The van der Waals surface area contributed by atoms with Crippen LogP contribution in [0.1, 0.15) is 11.8 Å². The Labute approximate surface area is 208 Å². The van der Waals surface area contributed by atoms with Crippen molar-refractivity contribution in [1.82, 2.24) is 9.55 Å². The van der Waals surface area contributed by atoms with Crippen molar-refractivity contribution in [3.05, 3.63) is 78.4 Å². The Bertz CT molecular complexity index is 1310. The van der Waals surface area contributed by atoms with E-state index in [2.05, 4.69) is 10.3 Å². The number of aliphatic hydroxyl groups is 4. The summed E-state index contributed by atoms with van der Waals surface area (Å²) in [6, 6.07) is 23.2. The number of rotatable bonds is 9. The molecule has 1 fully saturated rings. The van der Waals surface area contributed by atoms with Crippen molar-refractivity contribution in [2.45, 2.75) is 31.1 Å². The third-order valence-electron chi connectivity index (χ3n) is 6.30. The van der Waals surface area contributed by atoms with Gasteiger partial charge in [-0.25, -0.2) is 4.98 Å². The quantitative estimate of drug-likeness (QED) is 0.241. The minimum Gasteiger partial charge on any atom is -0.491 e. The van der Waals surface area contributed by atoms with Gasteiger partial charge in [0, 0.05) is 12.1 Å². The summed E-state index contributed by atoms with van der Waals surface area (Å²) in [6.45, 7) is 0.0695. The van der Waals surface area contributed by atoms with Crippen molar-refractivity contribution in [2.75, 3.05) is 25.1 Å². The summed E-state index contributed by atoms with van der Waals surface area (Å²) in [5.74, 6) is 1.11. The summed E-state index contributed by atoms with van der Waals surface area (Å²) in [5.41, 5.74) is 4.27. The third-order valence-corrected chi connectivity index (χ3v) is 6.30. The van der Waals surface area contributed by atoms with Gasteiger partial charge in [0.2, 0.25) is 5.95 Å². The Morgan fingerprint density at radius 3 is 2.47 bits per heavy atom. The number of anilines is 1. The molecule has 0 bridgehead atoms. The molecule has 0 amide bonds. The van der Waals surface area contributed by atoms with Crippen LogP contribution in [0.25, 0.3) is 22.2 Å². The lowest BCUT2D eigenvalue weighted by molar-refractivity contribution is -0.0499. The highest BCUT2D eigenvalue weighted by atomic mass is 16.6. The van der Waals surface area contributed by atoms with Crippen LogP contribution in [0.3, 0.4) is 0 Å². The zero-order valence-corrected chi connectivity index (χ0v) is 19.6. The highest BCUT2D eigenvalue weighted by Gasteiger charge is 2.44. The van der Waals surface area contributed by atoms with Crippen molar-refractivity contribution in [2.24, 2.45) is 0 Å². The molecule has 5 N–H and O–H groups in total. The van der Waals surface area contributed by atoms with Gasteiger partial charge in [-0.2, -0.15) is 0 Å². The van der Waals surface area contributed by atoms with Gasteiger partial charge in [0.05, 0.1) is 24.2 Å². The minimum absolute atomic E-state index is 0.0921. The van der Waals surface area contributed by atoms with E-state index in [1.54, 1.807) is 4.57 Å². The fraction of sp³-hybridized carbons (Fsp3) is 0.296. The molecule has 0 unspecified atom stereocenters. The Kier molecular flexibility index (Phi) is 7.17. The smallest absolute Gasteiger partial charge is 0.206 e. The lowest BCUT2D eigenvalue weighted by Crippen LogP contribution is -2.33. The highest BCUT2D eigenvalue weighted by Crippen LogP contribution is 2.35. The topological polar surface area (TPSA) is 129 Å². The summed E-state index contributed by atoms with van der Waals surface area (Å²) in [5, 5.41) is 43.1. The molecule has 2 heterocycles. The van der Waals surface area contributed by atoms with Gasteiger partial charge in [-0.05, 0) is 29.3 Å². The van der Waals surface area contributed by atoms with E-state index >= 15 is 0 Å². The van der Waals surface area contributed by atoms with Crippen LogP contribution in [0, 0.1) is 0 Å². The van der Waals surface area contributed by atoms with Crippen LogP contribution in [-0.2, 0) is 11.3 Å². The molecule has 1 aromatic heterocycles. The maximum Gasteiger partial charge on any atom is 0.206 e. The molecule has 1 saturated heterocycles. The average molecular weight is 492 g/mol. The number of nitrogens with one attached hydrogen (secondary N) is 1. The van der Waals surface area contributed by atoms with E-state index < -0.39 is 31.1 Å². The van der Waals surface area contributed by atoms with Gasteiger partial charge in [0.15, 0.2) is 6.23 Å². The van der Waals surface area contributed by atoms with E-state index in [-0.39, 0.29) is 13.2 Å². The van der Waals surface area contributed by atoms with Crippen LogP contribution < -0.4 is 10.1 Å². The molecule has 0 aliphatic carbocycles. The fourth-order valence-electron chi connectivity index (χ4n) is 4.51. The zero-order valence-electron chi connectivity index (χ0n) is 19.6. The summed E-state index contributed by atoms with van der Waals surface area (Å²) in [7, 11) is 0. The number of para-hydroxylation sites is 2. The number of benzene rings is 3. The zero-order chi connectivity index (χ0) is 25.1. The van der Waals surface area contributed by atoms with Gasteiger partial charge in [0.25, 0.3) is 0 Å². The van der Waals surface area contributed by atoms with Crippen LogP contribution >= 0.6 is 0 Å². The highest BCUT2D eigenvalue weighted by molar-refractivity contribution is 5.79. The molecule has 5 rings (SSSR count). The lowest BCUT2D eigenvalue weighted by atomic mass is 10.0.